The van der Waals surface area contributed by atoms with Gasteiger partial charge in [-0.15, -0.1) is 0 Å². The predicted octanol–water partition coefficient (Wildman–Crippen LogP) is 12.4. The first-order valence-electron chi connectivity index (χ1n) is 18.7. The van der Waals surface area contributed by atoms with E-state index in [1.165, 1.54) is 66.9 Å². The van der Waals surface area contributed by atoms with Crippen molar-refractivity contribution in [2.24, 2.45) is 0 Å². The lowest BCUT2D eigenvalue weighted by molar-refractivity contribution is 0.660. The Labute approximate surface area is 313 Å². The summed E-state index contributed by atoms with van der Waals surface area (Å²) >= 11 is 0. The zero-order valence-corrected chi connectivity index (χ0v) is 30.6. The van der Waals surface area contributed by atoms with Crippen molar-refractivity contribution in [1.29, 1.82) is 10.7 Å². The van der Waals surface area contributed by atoms with E-state index in [-0.39, 0.29) is 10.8 Å². The monoisotopic (exact) mass is 692 g/mol. The number of para-hydroxylation sites is 2. The van der Waals surface area contributed by atoms with E-state index in [2.05, 4.69) is 164 Å². The molecule has 256 valence electrons. The minimum absolute atomic E-state index is 0.174. The highest BCUT2D eigenvalue weighted by atomic mass is 15.1. The predicted molar refractivity (Wildman–Crippen MR) is 223 cm³/mol. The van der Waals surface area contributed by atoms with Gasteiger partial charge < -0.3 is 14.5 Å². The molecule has 2 aromatic heterocycles. The van der Waals surface area contributed by atoms with Crippen molar-refractivity contribution in [1.82, 2.24) is 9.13 Å². The third-order valence-corrected chi connectivity index (χ3v) is 12.7. The number of nitriles is 1. The van der Waals surface area contributed by atoms with Crippen LogP contribution < -0.4 is 0 Å². The van der Waals surface area contributed by atoms with Gasteiger partial charge in [-0.3, -0.25) is 0 Å². The summed E-state index contributed by atoms with van der Waals surface area (Å²) < 4.78 is 4.74. The molecule has 0 saturated carbocycles. The highest BCUT2D eigenvalue weighted by Gasteiger charge is 2.38. The molecule has 0 unspecified atom stereocenters. The Kier molecular flexibility index (Phi) is 5.98. The van der Waals surface area contributed by atoms with Gasteiger partial charge in [-0.05, 0) is 93.0 Å². The Balaban J connectivity index is 1.28. The second-order valence-corrected chi connectivity index (χ2v) is 16.1. The molecule has 2 heterocycles. The number of hydrogen-bond acceptors (Lipinski definition) is 2. The molecule has 2 aliphatic carbocycles. The average Bonchev–Trinajstić information content (AvgIpc) is 3.84. The van der Waals surface area contributed by atoms with Crippen molar-refractivity contribution in [3.05, 3.63) is 167 Å². The Bertz CT molecular complexity index is 3190. The molecule has 0 atom stereocenters. The molecule has 0 saturated heterocycles. The number of rotatable bonds is 3. The molecule has 54 heavy (non-hydrogen) atoms. The van der Waals surface area contributed by atoms with Crippen molar-refractivity contribution in [2.75, 3.05) is 0 Å². The smallest absolute Gasteiger partial charge is 0.0999 e. The van der Waals surface area contributed by atoms with E-state index < -0.39 is 0 Å². The van der Waals surface area contributed by atoms with Gasteiger partial charge in [-0.1, -0.05) is 113 Å². The number of aromatic nitrogens is 2. The van der Waals surface area contributed by atoms with E-state index in [4.69, 9.17) is 5.41 Å². The lowest BCUT2D eigenvalue weighted by Gasteiger charge is -2.23. The summed E-state index contributed by atoms with van der Waals surface area (Å²) in [5, 5.41) is 23.7. The van der Waals surface area contributed by atoms with Gasteiger partial charge in [0.25, 0.3) is 0 Å². The van der Waals surface area contributed by atoms with E-state index in [1.807, 2.05) is 12.1 Å². The molecule has 0 amide bonds. The van der Waals surface area contributed by atoms with E-state index in [0.29, 0.717) is 11.1 Å². The van der Waals surface area contributed by atoms with Gasteiger partial charge in [-0.25, -0.2) is 0 Å². The van der Waals surface area contributed by atoms with Crippen LogP contribution in [0.2, 0.25) is 0 Å². The largest absolute Gasteiger partial charge is 0.308 e. The molecule has 11 rings (SSSR count). The molecule has 4 heteroatoms. The van der Waals surface area contributed by atoms with Crippen LogP contribution in [0, 0.1) is 16.7 Å². The first kappa shape index (κ1) is 30.9. The van der Waals surface area contributed by atoms with Crippen molar-refractivity contribution in [3.8, 4) is 39.7 Å². The normalized spacial score (nSPS) is 14.6. The van der Waals surface area contributed by atoms with Gasteiger partial charge in [-0.2, -0.15) is 5.26 Å². The fourth-order valence-corrected chi connectivity index (χ4v) is 10.0. The fraction of sp³-hybridized carbons (Fsp3) is 0.120. The topological polar surface area (TPSA) is 57.5 Å². The number of hydrogen-bond donors (Lipinski definition) is 1. The van der Waals surface area contributed by atoms with Crippen LogP contribution in [-0.2, 0) is 10.8 Å². The zero-order valence-electron chi connectivity index (χ0n) is 30.6. The Morgan fingerprint density at radius 2 is 0.926 bits per heavy atom. The van der Waals surface area contributed by atoms with E-state index >= 15 is 0 Å². The molecule has 2 aliphatic rings. The first-order valence-corrected chi connectivity index (χ1v) is 18.7. The average molecular weight is 693 g/mol. The second kappa shape index (κ2) is 10.5. The summed E-state index contributed by atoms with van der Waals surface area (Å²) in [6, 6.07) is 50.9. The van der Waals surface area contributed by atoms with Crippen LogP contribution in [0.4, 0.5) is 0 Å². The first-order chi connectivity index (χ1) is 26.2. The lowest BCUT2D eigenvalue weighted by Crippen LogP contribution is -2.15. The summed E-state index contributed by atoms with van der Waals surface area (Å²) in [6.07, 6.45) is 1.32. The third-order valence-electron chi connectivity index (χ3n) is 12.7. The minimum atomic E-state index is -0.177. The Morgan fingerprint density at radius 3 is 1.41 bits per heavy atom. The van der Waals surface area contributed by atoms with Crippen LogP contribution in [-0.4, -0.2) is 15.3 Å². The van der Waals surface area contributed by atoms with Gasteiger partial charge in [0, 0.05) is 44.2 Å². The van der Waals surface area contributed by atoms with Crippen molar-refractivity contribution < 1.29 is 0 Å². The summed E-state index contributed by atoms with van der Waals surface area (Å²) in [5.41, 5.74) is 17.4. The molecule has 0 bridgehead atoms. The van der Waals surface area contributed by atoms with Crippen LogP contribution in [0.3, 0.4) is 0 Å². The maximum atomic E-state index is 10.5. The van der Waals surface area contributed by atoms with Gasteiger partial charge in [0.15, 0.2) is 0 Å². The van der Waals surface area contributed by atoms with Crippen molar-refractivity contribution in [3.63, 3.8) is 0 Å². The molecule has 0 fully saturated rings. The highest BCUT2D eigenvalue weighted by molar-refractivity contribution is 6.14. The molecule has 7 aromatic carbocycles. The quantitative estimate of drug-likeness (QED) is 0.184. The number of nitrogens with zero attached hydrogens (tertiary/aromatic N) is 3. The second-order valence-electron chi connectivity index (χ2n) is 16.1. The highest BCUT2D eigenvalue weighted by Crippen LogP contribution is 2.53. The number of nitrogens with one attached hydrogen (secondary N) is 1. The van der Waals surface area contributed by atoms with Gasteiger partial charge in [0.05, 0.1) is 45.1 Å². The molecule has 9 aromatic rings. The molecule has 0 aliphatic heterocycles. The third kappa shape index (κ3) is 3.78. The van der Waals surface area contributed by atoms with Crippen LogP contribution in [0.15, 0.2) is 133 Å². The molecular weight excluding hydrogens is 657 g/mol. The maximum Gasteiger partial charge on any atom is 0.0999 e. The van der Waals surface area contributed by atoms with Crippen LogP contribution in [0.5, 0.6) is 0 Å². The summed E-state index contributed by atoms with van der Waals surface area (Å²) in [7, 11) is 0. The van der Waals surface area contributed by atoms with Crippen LogP contribution >= 0.6 is 0 Å². The van der Waals surface area contributed by atoms with Gasteiger partial charge in [0.2, 0.25) is 0 Å². The van der Waals surface area contributed by atoms with E-state index in [9.17, 15) is 5.26 Å². The SMILES string of the molecule is CC1(C)c2ccccc2-c2cc3c4ccccc4n(-c4cc(C#N)c(C=N)cc4-n4c5ccccc5c5cc6c(cc54)C(C)(C)c4ccccc4-6)c3cc21. The molecule has 0 radical (unpaired) electrons. The van der Waals surface area contributed by atoms with E-state index in [0.717, 1.165) is 38.8 Å². The van der Waals surface area contributed by atoms with Crippen LogP contribution in [0.1, 0.15) is 61.1 Å². The summed E-state index contributed by atoms with van der Waals surface area (Å²) in [6.45, 7) is 9.30. The lowest BCUT2D eigenvalue weighted by atomic mass is 9.82. The van der Waals surface area contributed by atoms with Gasteiger partial charge in [0.1, 0.15) is 0 Å². The maximum absolute atomic E-state index is 10.5. The number of benzene rings is 7. The van der Waals surface area contributed by atoms with Crippen LogP contribution in [0.25, 0.3) is 77.2 Å². The molecular formula is C50H36N4. The Hall–Kier alpha value is -6.70. The minimum Gasteiger partial charge on any atom is -0.308 e. The molecule has 0 spiro atoms. The zero-order chi connectivity index (χ0) is 36.7. The summed E-state index contributed by atoms with van der Waals surface area (Å²) in [5.74, 6) is 0. The Morgan fingerprint density at radius 1 is 0.481 bits per heavy atom. The van der Waals surface area contributed by atoms with Gasteiger partial charge >= 0.3 is 0 Å². The summed E-state index contributed by atoms with van der Waals surface area (Å²) in [4.78, 5) is 0. The van der Waals surface area contributed by atoms with E-state index in [1.54, 1.807) is 0 Å². The van der Waals surface area contributed by atoms with Crippen molar-refractivity contribution in [2.45, 2.75) is 38.5 Å². The molecule has 1 N–H and O–H groups in total. The standard InChI is InChI=1S/C50H36N4/c1-49(2)39-17-9-5-13-31(39)35-23-37-33-15-7-11-19-43(33)53(45(37)25-41(35)49)47-21-29(27-51)30(28-52)22-48(47)54-44-20-12-8-16-34(44)38-24-36-32-14-6-10-18-40(32)50(3,4)42(36)26-46(38)54/h5-27,51H,1-4H3. The van der Waals surface area contributed by atoms with Crippen molar-refractivity contribution >= 4 is 49.8 Å². The fourth-order valence-electron chi connectivity index (χ4n) is 10.0. The molecule has 4 nitrogen and oxygen atoms in total. The number of fused-ring (bicyclic) bond motifs is 12.